The number of likely N-dealkylation sites (tertiary alicyclic amines) is 1. The van der Waals surface area contributed by atoms with Gasteiger partial charge in [0.1, 0.15) is 5.75 Å². The molecule has 3 amide bonds. The van der Waals surface area contributed by atoms with Crippen LogP contribution in [0.3, 0.4) is 0 Å². The Morgan fingerprint density at radius 1 is 1.09 bits per heavy atom. The molecule has 3 rings (SSSR count). The summed E-state index contributed by atoms with van der Waals surface area (Å²) in [5, 5.41) is 2.93. The van der Waals surface area contributed by atoms with Crippen molar-refractivity contribution in [1.82, 2.24) is 4.90 Å². The van der Waals surface area contributed by atoms with Gasteiger partial charge in [-0.1, -0.05) is 30.3 Å². The molecule has 2 aromatic rings. The number of primary amides is 2. The number of piperidine rings is 1. The first-order chi connectivity index (χ1) is 15.4. The van der Waals surface area contributed by atoms with Crippen LogP contribution in [0.2, 0.25) is 0 Å². The van der Waals surface area contributed by atoms with E-state index in [9.17, 15) is 14.4 Å². The second-order valence-corrected chi connectivity index (χ2v) is 7.78. The van der Waals surface area contributed by atoms with Gasteiger partial charge in [-0.15, -0.1) is 0 Å². The monoisotopic (exact) mass is 436 g/mol. The van der Waals surface area contributed by atoms with E-state index in [0.717, 1.165) is 36.2 Å². The van der Waals surface area contributed by atoms with Crippen molar-refractivity contribution >= 4 is 29.5 Å². The van der Waals surface area contributed by atoms with Gasteiger partial charge in [0.25, 0.3) is 5.91 Å². The average molecular weight is 437 g/mol. The zero-order chi connectivity index (χ0) is 22.9. The van der Waals surface area contributed by atoms with Crippen LogP contribution in [0, 0.1) is 5.92 Å². The van der Waals surface area contributed by atoms with E-state index < -0.39 is 5.91 Å². The molecule has 0 bridgehead atoms. The third-order valence-electron chi connectivity index (χ3n) is 5.27. The highest BCUT2D eigenvalue weighted by atomic mass is 16.5. The zero-order valence-corrected chi connectivity index (χ0v) is 17.8. The van der Waals surface area contributed by atoms with Crippen molar-refractivity contribution in [2.75, 3.05) is 25.0 Å². The first-order valence-electron chi connectivity index (χ1n) is 10.5. The van der Waals surface area contributed by atoms with E-state index in [4.69, 9.17) is 16.2 Å². The molecule has 1 unspecified atom stereocenters. The SMILES string of the molecule is NC(=O)COc1ccc(/C=C/C(=O)Nc2ccccc2CN2CCCC(C(N)=O)C2)cc1. The Morgan fingerprint density at radius 2 is 1.84 bits per heavy atom. The predicted molar refractivity (Wildman–Crippen MR) is 122 cm³/mol. The Balaban J connectivity index is 1.58. The molecular formula is C24H28N4O4. The lowest BCUT2D eigenvalue weighted by atomic mass is 9.97. The number of benzene rings is 2. The summed E-state index contributed by atoms with van der Waals surface area (Å²) in [5.74, 6) is -0.649. The molecule has 0 saturated carbocycles. The van der Waals surface area contributed by atoms with Crippen LogP contribution in [-0.2, 0) is 20.9 Å². The largest absolute Gasteiger partial charge is 0.484 e. The Labute approximate surface area is 187 Å². The molecule has 8 heteroatoms. The standard InChI is InChI=1S/C24H28N4O4/c25-22(29)16-32-20-10-7-17(8-11-20)9-12-23(30)27-21-6-2-1-4-18(21)14-28-13-3-5-19(15-28)24(26)31/h1-2,4,6-12,19H,3,5,13-16H2,(H2,25,29)(H2,26,31)(H,27,30)/b12-9+. The number of hydrogen-bond donors (Lipinski definition) is 3. The van der Waals surface area contributed by atoms with Crippen molar-refractivity contribution in [3.63, 3.8) is 0 Å². The van der Waals surface area contributed by atoms with Gasteiger partial charge in [0.2, 0.25) is 11.8 Å². The Kier molecular flexibility index (Phi) is 7.99. The van der Waals surface area contributed by atoms with Crippen LogP contribution in [0.15, 0.2) is 54.6 Å². The first-order valence-corrected chi connectivity index (χ1v) is 10.5. The number of hydrogen-bond acceptors (Lipinski definition) is 5. The highest BCUT2D eigenvalue weighted by Crippen LogP contribution is 2.22. The predicted octanol–water partition coefficient (Wildman–Crippen LogP) is 1.90. The summed E-state index contributed by atoms with van der Waals surface area (Å²) in [6, 6.07) is 14.6. The first kappa shape index (κ1) is 23.0. The molecule has 0 aromatic heterocycles. The number of anilines is 1. The lowest BCUT2D eigenvalue weighted by Gasteiger charge is -2.31. The molecule has 1 saturated heterocycles. The van der Waals surface area contributed by atoms with Gasteiger partial charge in [0, 0.05) is 24.9 Å². The van der Waals surface area contributed by atoms with E-state index in [0.29, 0.717) is 18.8 Å². The second-order valence-electron chi connectivity index (χ2n) is 7.78. The van der Waals surface area contributed by atoms with Gasteiger partial charge in [-0.05, 0) is 54.8 Å². The maximum atomic E-state index is 12.5. The molecule has 0 radical (unpaired) electrons. The second kappa shape index (κ2) is 11.1. The molecule has 0 spiro atoms. The highest BCUT2D eigenvalue weighted by Gasteiger charge is 2.24. The van der Waals surface area contributed by atoms with Crippen molar-refractivity contribution in [3.05, 3.63) is 65.7 Å². The van der Waals surface area contributed by atoms with Crippen LogP contribution in [0.5, 0.6) is 5.75 Å². The van der Waals surface area contributed by atoms with E-state index in [1.807, 2.05) is 24.3 Å². The molecule has 1 fully saturated rings. The summed E-state index contributed by atoms with van der Waals surface area (Å²) in [5.41, 5.74) is 13.1. The lowest BCUT2D eigenvalue weighted by Crippen LogP contribution is -2.40. The van der Waals surface area contributed by atoms with Crippen molar-refractivity contribution in [1.29, 1.82) is 0 Å². The minimum atomic E-state index is -0.543. The number of nitrogens with one attached hydrogen (secondary N) is 1. The van der Waals surface area contributed by atoms with E-state index in [2.05, 4.69) is 10.2 Å². The quantitative estimate of drug-likeness (QED) is 0.517. The smallest absolute Gasteiger partial charge is 0.255 e. The molecule has 168 valence electrons. The molecule has 5 N–H and O–H groups in total. The number of rotatable bonds is 9. The number of nitrogens with two attached hydrogens (primary N) is 2. The fourth-order valence-corrected chi connectivity index (χ4v) is 3.63. The van der Waals surface area contributed by atoms with Crippen molar-refractivity contribution in [3.8, 4) is 5.75 Å². The minimum Gasteiger partial charge on any atom is -0.484 e. The molecule has 8 nitrogen and oxygen atoms in total. The van der Waals surface area contributed by atoms with Gasteiger partial charge in [-0.25, -0.2) is 0 Å². The number of carbonyl (C=O) groups is 3. The molecule has 1 aliphatic heterocycles. The van der Waals surface area contributed by atoms with Crippen molar-refractivity contribution < 1.29 is 19.1 Å². The normalized spacial score (nSPS) is 16.6. The Hall–Kier alpha value is -3.65. The number of para-hydroxylation sites is 1. The molecular weight excluding hydrogens is 408 g/mol. The molecule has 1 heterocycles. The summed E-state index contributed by atoms with van der Waals surface area (Å²) in [6.45, 7) is 1.98. The molecule has 32 heavy (non-hydrogen) atoms. The summed E-state index contributed by atoms with van der Waals surface area (Å²) >= 11 is 0. The van der Waals surface area contributed by atoms with Gasteiger partial charge < -0.3 is 21.5 Å². The van der Waals surface area contributed by atoms with Crippen LogP contribution >= 0.6 is 0 Å². The van der Waals surface area contributed by atoms with Crippen molar-refractivity contribution in [2.45, 2.75) is 19.4 Å². The minimum absolute atomic E-state index is 0.124. The van der Waals surface area contributed by atoms with Crippen LogP contribution in [0.4, 0.5) is 5.69 Å². The third kappa shape index (κ3) is 6.95. The number of ether oxygens (including phenoxy) is 1. The topological polar surface area (TPSA) is 128 Å². The van der Waals surface area contributed by atoms with Crippen LogP contribution in [0.25, 0.3) is 6.08 Å². The van der Waals surface area contributed by atoms with Gasteiger partial charge >= 0.3 is 0 Å². The molecule has 2 aromatic carbocycles. The lowest BCUT2D eigenvalue weighted by molar-refractivity contribution is -0.123. The Morgan fingerprint density at radius 3 is 2.56 bits per heavy atom. The molecule has 1 atom stereocenters. The maximum Gasteiger partial charge on any atom is 0.255 e. The Bertz CT molecular complexity index is 988. The summed E-state index contributed by atoms with van der Waals surface area (Å²) in [6.07, 6.45) is 4.91. The van der Waals surface area contributed by atoms with E-state index in [-0.39, 0.29) is 24.3 Å². The van der Waals surface area contributed by atoms with Crippen LogP contribution in [-0.4, -0.2) is 42.3 Å². The van der Waals surface area contributed by atoms with Gasteiger partial charge in [0.15, 0.2) is 6.61 Å². The summed E-state index contributed by atoms with van der Waals surface area (Å²) in [7, 11) is 0. The number of carbonyl (C=O) groups excluding carboxylic acids is 3. The zero-order valence-electron chi connectivity index (χ0n) is 17.8. The van der Waals surface area contributed by atoms with E-state index in [1.54, 1.807) is 30.3 Å². The fourth-order valence-electron chi connectivity index (χ4n) is 3.63. The molecule has 0 aliphatic carbocycles. The maximum absolute atomic E-state index is 12.5. The van der Waals surface area contributed by atoms with Crippen LogP contribution in [0.1, 0.15) is 24.0 Å². The molecule has 1 aliphatic rings. The highest BCUT2D eigenvalue weighted by molar-refractivity contribution is 6.02. The van der Waals surface area contributed by atoms with Gasteiger partial charge in [0.05, 0.1) is 5.92 Å². The fraction of sp³-hybridized carbons (Fsp3) is 0.292. The van der Waals surface area contributed by atoms with Crippen LogP contribution < -0.4 is 21.5 Å². The number of nitrogens with zero attached hydrogens (tertiary/aromatic N) is 1. The van der Waals surface area contributed by atoms with E-state index in [1.165, 1.54) is 6.08 Å². The van der Waals surface area contributed by atoms with Gasteiger partial charge in [-0.2, -0.15) is 0 Å². The third-order valence-corrected chi connectivity index (χ3v) is 5.27. The summed E-state index contributed by atoms with van der Waals surface area (Å²) in [4.78, 5) is 37.0. The average Bonchev–Trinajstić information content (AvgIpc) is 2.78. The van der Waals surface area contributed by atoms with E-state index >= 15 is 0 Å². The van der Waals surface area contributed by atoms with Gasteiger partial charge in [-0.3, -0.25) is 19.3 Å². The van der Waals surface area contributed by atoms with Crippen molar-refractivity contribution in [2.24, 2.45) is 17.4 Å². The summed E-state index contributed by atoms with van der Waals surface area (Å²) < 4.78 is 5.21. The number of amides is 3.